The maximum Gasteiger partial charge on any atom is 0.418 e. The molecule has 0 spiro atoms. The molecular weight excluding hydrogens is 285 g/mol. The van der Waals surface area contributed by atoms with Crippen molar-refractivity contribution in [2.24, 2.45) is 0 Å². The average Bonchev–Trinajstić information content (AvgIpc) is 3.03. The van der Waals surface area contributed by atoms with Crippen LogP contribution in [0.25, 0.3) is 22.3 Å². The third-order valence-corrected chi connectivity index (χ3v) is 3.17. The van der Waals surface area contributed by atoms with Gasteiger partial charge in [0.2, 0.25) is 0 Å². The van der Waals surface area contributed by atoms with E-state index in [1.165, 1.54) is 18.2 Å². The normalized spacial score (nSPS) is 12.0. The first-order valence-electron chi connectivity index (χ1n) is 5.98. The lowest BCUT2D eigenvalue weighted by Gasteiger charge is -2.07. The number of hydrogen-bond donors (Lipinski definition) is 3. The van der Waals surface area contributed by atoms with Crippen LogP contribution in [0.3, 0.4) is 0 Å². The van der Waals surface area contributed by atoms with Crippen molar-refractivity contribution >= 4 is 16.9 Å². The average molecular weight is 294 g/mol. The lowest BCUT2D eigenvalue weighted by Crippen LogP contribution is -2.05. The molecule has 0 saturated heterocycles. The molecule has 2 aromatic heterocycles. The van der Waals surface area contributed by atoms with E-state index < -0.39 is 17.7 Å². The van der Waals surface area contributed by atoms with Crippen LogP contribution < -0.4 is 0 Å². The molecule has 0 aliphatic carbocycles. The highest BCUT2D eigenvalue weighted by molar-refractivity contribution is 5.90. The molecule has 0 aliphatic rings. The highest BCUT2D eigenvalue weighted by Crippen LogP contribution is 2.35. The van der Waals surface area contributed by atoms with Crippen LogP contribution in [0.4, 0.5) is 13.2 Å². The molecule has 0 fully saturated rings. The van der Waals surface area contributed by atoms with Gasteiger partial charge in [0.15, 0.2) is 0 Å². The molecule has 0 aliphatic heterocycles. The summed E-state index contributed by atoms with van der Waals surface area (Å²) in [7, 11) is 0. The molecule has 0 atom stereocenters. The van der Waals surface area contributed by atoms with Gasteiger partial charge in [-0.15, -0.1) is 0 Å². The molecule has 7 heteroatoms. The van der Waals surface area contributed by atoms with Crippen LogP contribution in [0.5, 0.6) is 0 Å². The standard InChI is InChI=1S/C14H9F3N2O2/c15-14(16,17)8-3-1-2-7-6-11(19-12(7)8)9-4-5-10(18-9)13(20)21/h1-6,18-19H,(H,20,21). The lowest BCUT2D eigenvalue weighted by atomic mass is 10.1. The minimum atomic E-state index is -4.45. The van der Waals surface area contributed by atoms with Crippen molar-refractivity contribution in [1.29, 1.82) is 0 Å². The van der Waals surface area contributed by atoms with Gasteiger partial charge in [0, 0.05) is 5.39 Å². The van der Waals surface area contributed by atoms with Crippen LogP contribution >= 0.6 is 0 Å². The fraction of sp³-hybridized carbons (Fsp3) is 0.0714. The maximum absolute atomic E-state index is 12.9. The van der Waals surface area contributed by atoms with E-state index in [-0.39, 0.29) is 11.2 Å². The number of para-hydroxylation sites is 1. The second-order valence-corrected chi connectivity index (χ2v) is 4.54. The van der Waals surface area contributed by atoms with E-state index in [1.807, 2.05) is 0 Å². The smallest absolute Gasteiger partial charge is 0.418 e. The minimum Gasteiger partial charge on any atom is -0.477 e. The Balaban J connectivity index is 2.15. The monoisotopic (exact) mass is 294 g/mol. The van der Waals surface area contributed by atoms with Gasteiger partial charge in [-0.3, -0.25) is 0 Å². The number of benzene rings is 1. The van der Waals surface area contributed by atoms with Crippen molar-refractivity contribution in [3.63, 3.8) is 0 Å². The summed E-state index contributed by atoms with van der Waals surface area (Å²) in [5, 5.41) is 9.25. The highest BCUT2D eigenvalue weighted by Gasteiger charge is 2.33. The number of rotatable bonds is 2. The highest BCUT2D eigenvalue weighted by atomic mass is 19.4. The Morgan fingerprint density at radius 3 is 2.43 bits per heavy atom. The number of fused-ring (bicyclic) bond motifs is 1. The molecule has 2 heterocycles. The zero-order chi connectivity index (χ0) is 15.2. The molecule has 3 rings (SSSR count). The second kappa shape index (κ2) is 4.41. The van der Waals surface area contributed by atoms with Gasteiger partial charge >= 0.3 is 12.1 Å². The molecule has 0 unspecified atom stereocenters. The van der Waals surface area contributed by atoms with Crippen molar-refractivity contribution in [2.45, 2.75) is 6.18 Å². The molecule has 0 amide bonds. The summed E-state index contributed by atoms with van der Waals surface area (Å²) < 4.78 is 38.8. The Morgan fingerprint density at radius 2 is 1.81 bits per heavy atom. The van der Waals surface area contributed by atoms with Gasteiger partial charge in [-0.25, -0.2) is 4.79 Å². The third kappa shape index (κ3) is 2.26. The van der Waals surface area contributed by atoms with E-state index in [0.717, 1.165) is 6.07 Å². The number of aromatic carboxylic acids is 1. The number of nitrogens with one attached hydrogen (secondary N) is 2. The molecule has 3 aromatic rings. The number of halogens is 3. The fourth-order valence-electron chi connectivity index (χ4n) is 2.21. The van der Waals surface area contributed by atoms with Crippen LogP contribution in [0.2, 0.25) is 0 Å². The molecule has 4 nitrogen and oxygen atoms in total. The van der Waals surface area contributed by atoms with E-state index in [4.69, 9.17) is 5.11 Å². The Kier molecular flexibility index (Phi) is 2.79. The summed E-state index contributed by atoms with van der Waals surface area (Å²) in [6, 6.07) is 8.29. The lowest BCUT2D eigenvalue weighted by molar-refractivity contribution is -0.136. The Labute approximate surface area is 116 Å². The number of H-pyrrole nitrogens is 2. The number of carboxylic acids is 1. The molecule has 0 bridgehead atoms. The van der Waals surface area contributed by atoms with Gasteiger partial charge in [0.25, 0.3) is 0 Å². The van der Waals surface area contributed by atoms with Crippen molar-refractivity contribution in [3.05, 3.63) is 47.7 Å². The Bertz CT molecular complexity index is 830. The first-order chi connectivity index (χ1) is 9.86. The fourth-order valence-corrected chi connectivity index (χ4v) is 2.21. The first-order valence-corrected chi connectivity index (χ1v) is 5.98. The first kappa shape index (κ1) is 13.3. The van der Waals surface area contributed by atoms with E-state index >= 15 is 0 Å². The summed E-state index contributed by atoms with van der Waals surface area (Å²) >= 11 is 0. The number of hydrogen-bond acceptors (Lipinski definition) is 1. The number of aromatic nitrogens is 2. The summed E-state index contributed by atoms with van der Waals surface area (Å²) in [6.45, 7) is 0. The van der Waals surface area contributed by atoms with Crippen LogP contribution in [-0.2, 0) is 6.18 Å². The van der Waals surface area contributed by atoms with Crippen molar-refractivity contribution in [3.8, 4) is 11.4 Å². The van der Waals surface area contributed by atoms with E-state index in [2.05, 4.69) is 9.97 Å². The van der Waals surface area contributed by atoms with Gasteiger partial charge in [0.05, 0.1) is 22.5 Å². The summed E-state index contributed by atoms with van der Waals surface area (Å²) in [6.07, 6.45) is -4.45. The number of aromatic amines is 2. The van der Waals surface area contributed by atoms with Crippen molar-refractivity contribution in [1.82, 2.24) is 9.97 Å². The van der Waals surface area contributed by atoms with Gasteiger partial charge in [-0.05, 0) is 24.3 Å². The molecule has 1 aromatic carbocycles. The molecule has 108 valence electrons. The summed E-state index contributed by atoms with van der Waals surface area (Å²) in [5.74, 6) is -1.13. The molecule has 0 radical (unpaired) electrons. The predicted octanol–water partition coefficient (Wildman–Crippen LogP) is 3.88. The van der Waals surface area contributed by atoms with Crippen LogP contribution in [0.15, 0.2) is 36.4 Å². The minimum absolute atomic E-state index is 0.0218. The SMILES string of the molecule is O=C(O)c1ccc(-c2cc3cccc(C(F)(F)F)c3[nH]2)[nH]1. The zero-order valence-corrected chi connectivity index (χ0v) is 10.5. The van der Waals surface area contributed by atoms with E-state index in [9.17, 15) is 18.0 Å². The predicted molar refractivity (Wildman–Crippen MR) is 70.0 cm³/mol. The maximum atomic E-state index is 12.9. The Hall–Kier alpha value is -2.70. The van der Waals surface area contributed by atoms with Crippen molar-refractivity contribution in [2.75, 3.05) is 0 Å². The van der Waals surface area contributed by atoms with Gasteiger partial charge in [-0.1, -0.05) is 12.1 Å². The Morgan fingerprint density at radius 1 is 1.05 bits per heavy atom. The second-order valence-electron chi connectivity index (χ2n) is 4.54. The van der Waals surface area contributed by atoms with E-state index in [1.54, 1.807) is 12.1 Å². The quantitative estimate of drug-likeness (QED) is 0.671. The van der Waals surface area contributed by atoms with E-state index in [0.29, 0.717) is 16.8 Å². The largest absolute Gasteiger partial charge is 0.477 e. The van der Waals surface area contributed by atoms with Gasteiger partial charge < -0.3 is 15.1 Å². The number of carbonyl (C=O) groups is 1. The molecule has 0 saturated carbocycles. The molecule has 21 heavy (non-hydrogen) atoms. The molecule has 3 N–H and O–H groups in total. The van der Waals surface area contributed by atoms with Crippen LogP contribution in [0.1, 0.15) is 16.1 Å². The number of alkyl halides is 3. The third-order valence-electron chi connectivity index (χ3n) is 3.17. The number of carboxylic acid groups (broad SMARTS) is 1. The summed E-state index contributed by atoms with van der Waals surface area (Å²) in [5.41, 5.74) is 0.00775. The van der Waals surface area contributed by atoms with Crippen LogP contribution in [-0.4, -0.2) is 21.0 Å². The topological polar surface area (TPSA) is 68.9 Å². The zero-order valence-electron chi connectivity index (χ0n) is 10.5. The van der Waals surface area contributed by atoms with Gasteiger partial charge in [0.1, 0.15) is 5.69 Å². The van der Waals surface area contributed by atoms with Crippen LogP contribution in [0, 0.1) is 0 Å². The molecular formula is C14H9F3N2O2. The van der Waals surface area contributed by atoms with Crippen molar-refractivity contribution < 1.29 is 23.1 Å². The van der Waals surface area contributed by atoms with Gasteiger partial charge in [-0.2, -0.15) is 13.2 Å². The summed E-state index contributed by atoms with van der Waals surface area (Å²) in [4.78, 5) is 16.1.